The number of aryl methyl sites for hydroxylation is 1. The van der Waals surface area contributed by atoms with Crippen LogP contribution in [-0.4, -0.2) is 41.3 Å². The molecule has 1 aromatic rings. The fourth-order valence-electron chi connectivity index (χ4n) is 1.95. The Morgan fingerprint density at radius 3 is 3.00 bits per heavy atom. The van der Waals surface area contributed by atoms with Crippen LogP contribution in [0.15, 0.2) is 5.38 Å². The first-order valence-electron chi connectivity index (χ1n) is 6.18. The number of carbonyl (C=O) groups is 2. The van der Waals surface area contributed by atoms with E-state index in [0.29, 0.717) is 6.54 Å². The SMILES string of the molecule is Cc1nc(CNC(=O)NC2COCC2(C)C(=O)O)cs1. The van der Waals surface area contributed by atoms with Crippen molar-refractivity contribution in [2.24, 2.45) is 5.41 Å². The van der Waals surface area contributed by atoms with Crippen LogP contribution < -0.4 is 10.6 Å². The van der Waals surface area contributed by atoms with E-state index in [2.05, 4.69) is 15.6 Å². The number of ether oxygens (including phenoxy) is 1. The first-order valence-corrected chi connectivity index (χ1v) is 7.06. The fourth-order valence-corrected chi connectivity index (χ4v) is 2.57. The summed E-state index contributed by atoms with van der Waals surface area (Å²) < 4.78 is 5.17. The van der Waals surface area contributed by atoms with Gasteiger partial charge in [-0.2, -0.15) is 0 Å². The lowest BCUT2D eigenvalue weighted by molar-refractivity contribution is -0.148. The van der Waals surface area contributed by atoms with E-state index in [1.54, 1.807) is 6.92 Å². The summed E-state index contributed by atoms with van der Waals surface area (Å²) in [6.07, 6.45) is 0. The number of carboxylic acid groups (broad SMARTS) is 1. The van der Waals surface area contributed by atoms with Crippen LogP contribution in [0, 0.1) is 12.3 Å². The van der Waals surface area contributed by atoms with Gasteiger partial charge in [0.1, 0.15) is 5.41 Å². The molecular weight excluding hydrogens is 282 g/mol. The van der Waals surface area contributed by atoms with Gasteiger partial charge in [0.15, 0.2) is 0 Å². The molecular formula is C12H17N3O4S. The quantitative estimate of drug-likeness (QED) is 0.761. The summed E-state index contributed by atoms with van der Waals surface area (Å²) in [6.45, 7) is 4.07. The summed E-state index contributed by atoms with van der Waals surface area (Å²) in [7, 11) is 0. The Morgan fingerprint density at radius 2 is 2.40 bits per heavy atom. The number of hydrogen-bond donors (Lipinski definition) is 3. The van der Waals surface area contributed by atoms with Gasteiger partial charge in [0.2, 0.25) is 0 Å². The van der Waals surface area contributed by atoms with E-state index in [9.17, 15) is 14.7 Å². The first kappa shape index (κ1) is 14.7. The highest BCUT2D eigenvalue weighted by Gasteiger charge is 2.47. The zero-order valence-electron chi connectivity index (χ0n) is 11.3. The molecule has 2 amide bonds. The maximum atomic E-state index is 11.8. The van der Waals surface area contributed by atoms with Gasteiger partial charge in [-0.05, 0) is 13.8 Å². The molecule has 8 heteroatoms. The molecule has 7 nitrogen and oxygen atoms in total. The number of carbonyl (C=O) groups excluding carboxylic acids is 1. The molecule has 110 valence electrons. The predicted molar refractivity (Wildman–Crippen MR) is 72.6 cm³/mol. The van der Waals surface area contributed by atoms with Crippen LogP contribution in [0.1, 0.15) is 17.6 Å². The minimum Gasteiger partial charge on any atom is -0.481 e. The maximum Gasteiger partial charge on any atom is 0.315 e. The largest absolute Gasteiger partial charge is 0.481 e. The van der Waals surface area contributed by atoms with Crippen LogP contribution in [0.4, 0.5) is 4.79 Å². The molecule has 2 heterocycles. The summed E-state index contributed by atoms with van der Waals surface area (Å²) in [5.41, 5.74) is -0.305. The molecule has 0 aliphatic carbocycles. The Kier molecular flexibility index (Phi) is 4.24. The third-order valence-corrected chi connectivity index (χ3v) is 4.17. The second kappa shape index (κ2) is 5.76. The highest BCUT2D eigenvalue weighted by Crippen LogP contribution is 2.28. The van der Waals surface area contributed by atoms with Crippen molar-refractivity contribution in [2.45, 2.75) is 26.4 Å². The fraction of sp³-hybridized carbons (Fsp3) is 0.583. The monoisotopic (exact) mass is 299 g/mol. The highest BCUT2D eigenvalue weighted by molar-refractivity contribution is 7.09. The molecule has 3 N–H and O–H groups in total. The van der Waals surface area contributed by atoms with Crippen molar-refractivity contribution < 1.29 is 19.4 Å². The summed E-state index contributed by atoms with van der Waals surface area (Å²) >= 11 is 1.51. The van der Waals surface area contributed by atoms with Crippen molar-refractivity contribution >= 4 is 23.3 Å². The van der Waals surface area contributed by atoms with Crippen LogP contribution >= 0.6 is 11.3 Å². The molecule has 2 atom stereocenters. The summed E-state index contributed by atoms with van der Waals surface area (Å²) in [4.78, 5) is 27.3. The smallest absolute Gasteiger partial charge is 0.315 e. The van der Waals surface area contributed by atoms with E-state index < -0.39 is 23.5 Å². The van der Waals surface area contributed by atoms with Gasteiger partial charge in [-0.25, -0.2) is 9.78 Å². The number of aromatic nitrogens is 1. The van der Waals surface area contributed by atoms with Gasteiger partial charge in [-0.15, -0.1) is 11.3 Å². The average Bonchev–Trinajstić information content (AvgIpc) is 2.95. The van der Waals surface area contributed by atoms with Gasteiger partial charge in [0.05, 0.1) is 36.5 Å². The predicted octanol–water partition coefficient (Wildman–Crippen LogP) is 0.740. The Morgan fingerprint density at radius 1 is 1.65 bits per heavy atom. The Labute approximate surface area is 120 Å². The van der Waals surface area contributed by atoms with Crippen LogP contribution in [0.2, 0.25) is 0 Å². The molecule has 1 fully saturated rings. The van der Waals surface area contributed by atoms with Crippen LogP contribution in [0.3, 0.4) is 0 Å². The Bertz CT molecular complexity index is 519. The summed E-state index contributed by atoms with van der Waals surface area (Å²) in [6, 6.07) is -0.962. The van der Waals surface area contributed by atoms with Crippen molar-refractivity contribution in [1.82, 2.24) is 15.6 Å². The molecule has 0 bridgehead atoms. The molecule has 0 spiro atoms. The molecule has 1 aliphatic rings. The van der Waals surface area contributed by atoms with Crippen LogP contribution in [0.25, 0.3) is 0 Å². The first-order chi connectivity index (χ1) is 9.41. The number of nitrogens with one attached hydrogen (secondary N) is 2. The average molecular weight is 299 g/mol. The number of urea groups is 1. The summed E-state index contributed by atoms with van der Waals surface area (Å²) in [5, 5.41) is 17.3. The highest BCUT2D eigenvalue weighted by atomic mass is 32.1. The van der Waals surface area contributed by atoms with Crippen molar-refractivity contribution in [2.75, 3.05) is 13.2 Å². The van der Waals surface area contributed by atoms with Gasteiger partial charge in [-0.1, -0.05) is 0 Å². The van der Waals surface area contributed by atoms with E-state index in [1.165, 1.54) is 11.3 Å². The van der Waals surface area contributed by atoms with Crippen molar-refractivity contribution in [3.8, 4) is 0 Å². The number of aliphatic carboxylic acids is 1. The number of hydrogen-bond acceptors (Lipinski definition) is 5. The van der Waals surface area contributed by atoms with E-state index in [1.807, 2.05) is 12.3 Å². The minimum absolute atomic E-state index is 0.0958. The number of thiazole rings is 1. The molecule has 0 saturated carbocycles. The van der Waals surface area contributed by atoms with Crippen molar-refractivity contribution in [1.29, 1.82) is 0 Å². The van der Waals surface area contributed by atoms with Gasteiger partial charge >= 0.3 is 12.0 Å². The van der Waals surface area contributed by atoms with Gasteiger partial charge in [-0.3, -0.25) is 4.79 Å². The molecule has 20 heavy (non-hydrogen) atoms. The normalized spacial score (nSPS) is 25.4. The van der Waals surface area contributed by atoms with Crippen LogP contribution in [0.5, 0.6) is 0 Å². The lowest BCUT2D eigenvalue weighted by atomic mass is 9.85. The lowest BCUT2D eigenvalue weighted by Gasteiger charge is -2.25. The zero-order valence-corrected chi connectivity index (χ0v) is 12.1. The third-order valence-electron chi connectivity index (χ3n) is 3.35. The van der Waals surface area contributed by atoms with Gasteiger partial charge in [0, 0.05) is 5.38 Å². The van der Waals surface area contributed by atoms with E-state index in [4.69, 9.17) is 4.74 Å². The van der Waals surface area contributed by atoms with E-state index in [0.717, 1.165) is 10.7 Å². The van der Waals surface area contributed by atoms with E-state index in [-0.39, 0.29) is 13.2 Å². The standard InChI is InChI=1S/C12H17N3O4S/c1-7-14-8(5-20-7)3-13-11(18)15-9-4-19-6-12(9,2)10(16)17/h5,9H,3-4,6H2,1-2H3,(H,16,17)(H2,13,15,18). The van der Waals surface area contributed by atoms with Gasteiger partial charge < -0.3 is 20.5 Å². The van der Waals surface area contributed by atoms with Crippen molar-refractivity contribution in [3.05, 3.63) is 16.1 Å². The number of rotatable bonds is 4. The third kappa shape index (κ3) is 3.07. The van der Waals surface area contributed by atoms with E-state index >= 15 is 0 Å². The molecule has 2 rings (SSSR count). The molecule has 1 saturated heterocycles. The molecule has 0 radical (unpaired) electrons. The number of carboxylic acids is 1. The number of nitrogens with zero attached hydrogens (tertiary/aromatic N) is 1. The second-order valence-corrected chi connectivity index (χ2v) is 6.04. The molecule has 1 aliphatic heterocycles. The summed E-state index contributed by atoms with van der Waals surface area (Å²) in [5.74, 6) is -0.976. The number of amides is 2. The topological polar surface area (TPSA) is 101 Å². The molecule has 2 unspecified atom stereocenters. The van der Waals surface area contributed by atoms with Crippen molar-refractivity contribution in [3.63, 3.8) is 0 Å². The zero-order chi connectivity index (χ0) is 14.8. The molecule has 1 aromatic heterocycles. The van der Waals surface area contributed by atoms with Crippen LogP contribution in [-0.2, 0) is 16.1 Å². The lowest BCUT2D eigenvalue weighted by Crippen LogP contribution is -2.52. The molecule has 0 aromatic carbocycles. The Hall–Kier alpha value is -1.67. The Balaban J connectivity index is 1.86. The maximum absolute atomic E-state index is 11.8. The van der Waals surface area contributed by atoms with Gasteiger partial charge in [0.25, 0.3) is 0 Å². The second-order valence-electron chi connectivity index (χ2n) is 4.98. The minimum atomic E-state index is -1.09.